The zero-order chi connectivity index (χ0) is 38.2. The number of nitrogens with zero attached hydrogens (tertiary/aromatic N) is 3. The fourth-order valence-electron chi connectivity index (χ4n) is 8.71. The number of aromatic nitrogens is 3. The van der Waals surface area contributed by atoms with Gasteiger partial charge in [-0.3, -0.25) is 0 Å². The highest BCUT2D eigenvalue weighted by molar-refractivity contribution is 6.16. The number of hydrogen-bond acceptors (Lipinski definition) is 5. The van der Waals surface area contributed by atoms with Crippen LogP contribution < -0.4 is 0 Å². The number of fused-ring (bicyclic) bond motifs is 9. The molecule has 3 aromatic heterocycles. The average Bonchev–Trinajstić information content (AvgIpc) is 3.88. The van der Waals surface area contributed by atoms with Gasteiger partial charge in [-0.15, -0.1) is 0 Å². The van der Waals surface area contributed by atoms with Crippen molar-refractivity contribution in [1.82, 2.24) is 15.0 Å². The number of hydrogen-bond donors (Lipinski definition) is 0. The monoisotopic (exact) mass is 741 g/mol. The minimum Gasteiger partial charge on any atom is -0.456 e. The molecule has 12 aromatic rings. The standard InChI is InChI=1S/C53H31N3O2/c1-2-14-32(15-3-1)43-31-34-29-28-33(30-44(34)37-18-6-5-17-36(37)43)35-16-4-7-19-38(35)51-54-52(41-22-12-26-47-49(41)39-20-8-10-24-45(39)57-47)56-53(55-51)42-23-13-27-48-50(42)40-21-9-11-25-46(40)58-48/h1-31H. The van der Waals surface area contributed by atoms with Crippen LogP contribution in [-0.4, -0.2) is 15.0 Å². The molecule has 0 aliphatic rings. The highest BCUT2D eigenvalue weighted by Crippen LogP contribution is 2.42. The highest BCUT2D eigenvalue weighted by atomic mass is 16.3. The van der Waals surface area contributed by atoms with Crippen LogP contribution in [0.25, 0.3) is 122 Å². The second-order valence-electron chi connectivity index (χ2n) is 14.7. The molecule has 0 unspecified atom stereocenters. The Hall–Kier alpha value is -7.89. The molecule has 0 fully saturated rings. The van der Waals surface area contributed by atoms with E-state index in [4.69, 9.17) is 23.8 Å². The molecular weight excluding hydrogens is 711 g/mol. The summed E-state index contributed by atoms with van der Waals surface area (Å²) in [5.74, 6) is 1.71. The van der Waals surface area contributed by atoms with Crippen LogP contribution in [0, 0.1) is 0 Å². The van der Waals surface area contributed by atoms with E-state index in [1.807, 2.05) is 60.7 Å². The molecule has 9 aromatic carbocycles. The summed E-state index contributed by atoms with van der Waals surface area (Å²) in [7, 11) is 0. The maximum atomic E-state index is 6.33. The lowest BCUT2D eigenvalue weighted by Crippen LogP contribution is -2.01. The van der Waals surface area contributed by atoms with Gasteiger partial charge in [-0.25, -0.2) is 15.0 Å². The Labute approximate surface area is 332 Å². The molecule has 0 N–H and O–H groups in total. The number of rotatable bonds is 5. The van der Waals surface area contributed by atoms with Crippen LogP contribution >= 0.6 is 0 Å². The molecule has 0 amide bonds. The van der Waals surface area contributed by atoms with E-state index < -0.39 is 0 Å². The van der Waals surface area contributed by atoms with Gasteiger partial charge < -0.3 is 8.83 Å². The van der Waals surface area contributed by atoms with Crippen LogP contribution in [0.3, 0.4) is 0 Å². The highest BCUT2D eigenvalue weighted by Gasteiger charge is 2.22. The van der Waals surface area contributed by atoms with Crippen molar-refractivity contribution in [3.05, 3.63) is 188 Å². The Bertz CT molecular complexity index is 3450. The third-order valence-corrected chi connectivity index (χ3v) is 11.3. The van der Waals surface area contributed by atoms with E-state index >= 15 is 0 Å². The van der Waals surface area contributed by atoms with Crippen molar-refractivity contribution in [3.63, 3.8) is 0 Å². The Balaban J connectivity index is 1.10. The largest absolute Gasteiger partial charge is 0.456 e. The van der Waals surface area contributed by atoms with Crippen LogP contribution in [0.2, 0.25) is 0 Å². The molecule has 5 nitrogen and oxygen atoms in total. The normalized spacial score (nSPS) is 11.8. The molecule has 0 saturated heterocycles. The van der Waals surface area contributed by atoms with Gasteiger partial charge in [0.1, 0.15) is 22.3 Å². The molecule has 0 radical (unpaired) electrons. The van der Waals surface area contributed by atoms with Crippen molar-refractivity contribution < 1.29 is 8.83 Å². The van der Waals surface area contributed by atoms with Crippen molar-refractivity contribution in [3.8, 4) is 56.4 Å². The summed E-state index contributed by atoms with van der Waals surface area (Å²) >= 11 is 0. The third-order valence-electron chi connectivity index (χ3n) is 11.3. The van der Waals surface area contributed by atoms with E-state index in [-0.39, 0.29) is 0 Å². The first-order valence-corrected chi connectivity index (χ1v) is 19.4. The second-order valence-corrected chi connectivity index (χ2v) is 14.7. The Kier molecular flexibility index (Phi) is 7.16. The minimum atomic E-state index is 0.565. The van der Waals surface area contributed by atoms with Crippen LogP contribution in [0.4, 0.5) is 0 Å². The van der Waals surface area contributed by atoms with Gasteiger partial charge in [0.15, 0.2) is 17.5 Å². The van der Waals surface area contributed by atoms with Gasteiger partial charge in [-0.1, -0.05) is 152 Å². The summed E-state index contributed by atoms with van der Waals surface area (Å²) in [6.45, 7) is 0. The van der Waals surface area contributed by atoms with E-state index in [0.29, 0.717) is 17.5 Å². The smallest absolute Gasteiger partial charge is 0.164 e. The van der Waals surface area contributed by atoms with Crippen LogP contribution in [0.5, 0.6) is 0 Å². The molecule has 270 valence electrons. The summed E-state index contributed by atoms with van der Waals surface area (Å²) in [4.78, 5) is 15.9. The SMILES string of the molecule is c1ccc(-c2cc3ccc(-c4ccccc4-c4nc(-c5cccc6oc7ccccc7c56)nc(-c5cccc6oc7ccccc7c56)n4)cc3c3ccccc23)cc1. The second kappa shape index (κ2) is 12.8. The van der Waals surface area contributed by atoms with Gasteiger partial charge in [0, 0.05) is 38.2 Å². The van der Waals surface area contributed by atoms with Crippen molar-refractivity contribution in [2.45, 2.75) is 0 Å². The predicted molar refractivity (Wildman–Crippen MR) is 237 cm³/mol. The molecule has 0 saturated carbocycles. The molecule has 0 aliphatic carbocycles. The third kappa shape index (κ3) is 5.07. The zero-order valence-electron chi connectivity index (χ0n) is 31.1. The van der Waals surface area contributed by atoms with E-state index in [0.717, 1.165) is 71.7 Å². The molecular formula is C53H31N3O2. The van der Waals surface area contributed by atoms with Gasteiger partial charge in [0.2, 0.25) is 0 Å². The maximum absolute atomic E-state index is 6.33. The molecule has 0 bridgehead atoms. The Morgan fingerprint density at radius 2 is 0.759 bits per heavy atom. The molecule has 12 rings (SSSR count). The Morgan fingerprint density at radius 3 is 1.40 bits per heavy atom. The molecule has 0 atom stereocenters. The fourth-order valence-corrected chi connectivity index (χ4v) is 8.71. The van der Waals surface area contributed by atoms with Gasteiger partial charge in [0.05, 0.1) is 0 Å². The van der Waals surface area contributed by atoms with E-state index in [1.54, 1.807) is 0 Å². The summed E-state index contributed by atoms with van der Waals surface area (Å²) < 4.78 is 12.7. The van der Waals surface area contributed by atoms with Crippen molar-refractivity contribution in [1.29, 1.82) is 0 Å². The lowest BCUT2D eigenvalue weighted by atomic mass is 9.90. The molecule has 3 heterocycles. The number of para-hydroxylation sites is 2. The van der Waals surface area contributed by atoms with Gasteiger partial charge in [-0.2, -0.15) is 0 Å². The first-order chi connectivity index (χ1) is 28.7. The van der Waals surface area contributed by atoms with Gasteiger partial charge >= 0.3 is 0 Å². The van der Waals surface area contributed by atoms with E-state index in [2.05, 4.69) is 127 Å². The first-order valence-electron chi connectivity index (χ1n) is 19.4. The molecule has 0 spiro atoms. The number of benzene rings is 9. The molecule has 5 heteroatoms. The molecule has 58 heavy (non-hydrogen) atoms. The predicted octanol–water partition coefficient (Wildman–Crippen LogP) is 14.3. The van der Waals surface area contributed by atoms with Crippen LogP contribution in [0.1, 0.15) is 0 Å². The molecule has 0 aliphatic heterocycles. The van der Waals surface area contributed by atoms with Crippen molar-refractivity contribution in [2.75, 3.05) is 0 Å². The minimum absolute atomic E-state index is 0.565. The lowest BCUT2D eigenvalue weighted by molar-refractivity contribution is 0.668. The zero-order valence-corrected chi connectivity index (χ0v) is 31.1. The van der Waals surface area contributed by atoms with Crippen molar-refractivity contribution in [2.24, 2.45) is 0 Å². The Morgan fingerprint density at radius 1 is 0.276 bits per heavy atom. The van der Waals surface area contributed by atoms with Gasteiger partial charge in [-0.05, 0) is 80.2 Å². The fraction of sp³-hybridized carbons (Fsp3) is 0. The van der Waals surface area contributed by atoms with Crippen LogP contribution in [-0.2, 0) is 0 Å². The van der Waals surface area contributed by atoms with Gasteiger partial charge in [0.25, 0.3) is 0 Å². The maximum Gasteiger partial charge on any atom is 0.164 e. The topological polar surface area (TPSA) is 65.0 Å². The van der Waals surface area contributed by atoms with E-state index in [1.165, 1.54) is 32.7 Å². The summed E-state index contributed by atoms with van der Waals surface area (Å²) in [5, 5.41) is 8.78. The number of furan rings is 2. The first kappa shape index (κ1) is 32.4. The van der Waals surface area contributed by atoms with Crippen molar-refractivity contribution >= 4 is 65.4 Å². The lowest BCUT2D eigenvalue weighted by Gasteiger charge is -2.15. The summed E-state index contributed by atoms with van der Waals surface area (Å²) in [5.41, 5.74) is 10.4. The quantitative estimate of drug-likeness (QED) is 0.164. The summed E-state index contributed by atoms with van der Waals surface area (Å²) in [6, 6.07) is 65.2. The van der Waals surface area contributed by atoms with E-state index in [9.17, 15) is 0 Å². The van der Waals surface area contributed by atoms with Crippen LogP contribution in [0.15, 0.2) is 197 Å². The average molecular weight is 742 g/mol. The summed E-state index contributed by atoms with van der Waals surface area (Å²) in [6.07, 6.45) is 0.